The summed E-state index contributed by atoms with van der Waals surface area (Å²) in [7, 11) is -4.16. The zero-order valence-corrected chi connectivity index (χ0v) is 24.1. The van der Waals surface area contributed by atoms with E-state index in [-0.39, 0.29) is 37.3 Å². The van der Waals surface area contributed by atoms with Crippen molar-refractivity contribution in [3.05, 3.63) is 58.7 Å². The third kappa shape index (κ3) is 8.77. The van der Waals surface area contributed by atoms with Crippen molar-refractivity contribution >= 4 is 31.7 Å². The van der Waals surface area contributed by atoms with Gasteiger partial charge in [0, 0.05) is 19.3 Å². The summed E-state index contributed by atoms with van der Waals surface area (Å²) in [6.45, 7) is 6.80. The lowest BCUT2D eigenvalue weighted by Crippen LogP contribution is -2.36. The van der Waals surface area contributed by atoms with Crippen molar-refractivity contribution < 1.29 is 32.7 Å². The lowest BCUT2D eigenvalue weighted by atomic mass is 10.1. The Morgan fingerprint density at radius 1 is 1.18 bits per heavy atom. The van der Waals surface area contributed by atoms with E-state index in [2.05, 4.69) is 10.1 Å². The number of nitrogen functional groups attached to an aromatic ring is 1. The number of nitrogens with zero attached hydrogens (tertiary/aromatic N) is 2. The first-order chi connectivity index (χ1) is 19.0. The summed E-state index contributed by atoms with van der Waals surface area (Å²) in [6.07, 6.45) is 5.13. The van der Waals surface area contributed by atoms with Crippen molar-refractivity contribution in [2.75, 3.05) is 25.6 Å². The van der Waals surface area contributed by atoms with Gasteiger partial charge in [-0.1, -0.05) is 44.9 Å². The molecule has 3 N–H and O–H groups in total. The molecule has 0 aliphatic heterocycles. The number of hydrogen-bond acceptors (Lipinski definition) is 10. The number of anilines is 1. The minimum absolute atomic E-state index is 0.0797. The summed E-state index contributed by atoms with van der Waals surface area (Å²) < 4.78 is 37.5. The Hall–Kier alpha value is -3.47. The Kier molecular flexibility index (Phi) is 10.7. The highest BCUT2D eigenvalue weighted by molar-refractivity contribution is 7.52. The third-order valence-electron chi connectivity index (χ3n) is 6.58. The SMILES string of the molecule is CCC(CC)COC(=O)[C@H](C)N[P@](=O)(OC[C@@]1(COC(C)=O)C/C1=C/n1ccc(N)nc1=O)Oc1ccccc1. The quantitative estimate of drug-likeness (QED) is 0.234. The van der Waals surface area contributed by atoms with Crippen LogP contribution in [0.3, 0.4) is 0 Å². The van der Waals surface area contributed by atoms with Crippen molar-refractivity contribution in [2.24, 2.45) is 11.3 Å². The number of aromatic nitrogens is 2. The largest absolute Gasteiger partial charge is 0.465 e. The van der Waals surface area contributed by atoms with Gasteiger partial charge in [0.25, 0.3) is 0 Å². The lowest BCUT2D eigenvalue weighted by molar-refractivity contribution is -0.147. The molecule has 0 bridgehead atoms. The minimum Gasteiger partial charge on any atom is -0.465 e. The second kappa shape index (κ2) is 13.7. The maximum Gasteiger partial charge on any atom is 0.459 e. The Balaban J connectivity index is 1.80. The predicted molar refractivity (Wildman–Crippen MR) is 149 cm³/mol. The molecule has 0 amide bonds. The Bertz CT molecular complexity index is 1310. The van der Waals surface area contributed by atoms with Crippen LogP contribution in [0.1, 0.15) is 47.0 Å². The number of nitrogens with one attached hydrogen (secondary N) is 1. The fraction of sp³-hybridized carbons (Fsp3) is 0.481. The molecule has 1 aromatic carbocycles. The number of para-hydroxylation sites is 1. The number of ether oxygens (including phenoxy) is 2. The van der Waals surface area contributed by atoms with E-state index in [0.717, 1.165) is 12.8 Å². The smallest absolute Gasteiger partial charge is 0.459 e. The van der Waals surface area contributed by atoms with Crippen LogP contribution in [-0.2, 0) is 28.2 Å². The highest BCUT2D eigenvalue weighted by Gasteiger charge is 2.52. The van der Waals surface area contributed by atoms with E-state index in [4.69, 9.17) is 24.3 Å². The van der Waals surface area contributed by atoms with E-state index in [1.54, 1.807) is 36.5 Å². The normalized spacial score (nSPS) is 19.6. The monoisotopic (exact) mass is 576 g/mol. The molecule has 1 fully saturated rings. The first-order valence-electron chi connectivity index (χ1n) is 13.1. The lowest BCUT2D eigenvalue weighted by Gasteiger charge is -2.25. The van der Waals surface area contributed by atoms with E-state index in [0.29, 0.717) is 12.0 Å². The molecule has 1 saturated carbocycles. The fourth-order valence-electron chi connectivity index (χ4n) is 3.82. The molecule has 2 aromatic rings. The molecule has 1 aliphatic rings. The van der Waals surface area contributed by atoms with Crippen LogP contribution in [0.5, 0.6) is 5.75 Å². The molecule has 12 nitrogen and oxygen atoms in total. The van der Waals surface area contributed by atoms with Crippen LogP contribution >= 0.6 is 7.75 Å². The number of carbonyl (C=O) groups excluding carboxylic acids is 2. The standard InChI is InChI=1S/C27H37N4O8P/c1-5-21(6-2)16-36-25(33)19(3)30-40(35,39-23-10-8-7-9-11-23)38-18-27(17-37-20(4)32)14-22(27)15-31-13-12-24(28)29-26(31)34/h7-13,15,19,21H,5-6,14,16-18H2,1-4H3,(H,30,35)(H2,28,29,34)/b22-15-/t19-,27-,40-/m0/s1. The number of rotatable bonds is 15. The van der Waals surface area contributed by atoms with E-state index in [1.807, 2.05) is 13.8 Å². The Morgan fingerprint density at radius 3 is 2.50 bits per heavy atom. The topological polar surface area (TPSA) is 161 Å². The molecule has 1 aromatic heterocycles. The average Bonchev–Trinajstić information content (AvgIpc) is 3.61. The average molecular weight is 577 g/mol. The van der Waals surface area contributed by atoms with E-state index in [9.17, 15) is 18.9 Å². The molecule has 13 heteroatoms. The summed E-state index contributed by atoms with van der Waals surface area (Å²) in [4.78, 5) is 40.2. The molecule has 0 saturated heterocycles. The first-order valence-corrected chi connectivity index (χ1v) is 14.7. The molecule has 0 unspecified atom stereocenters. The van der Waals surface area contributed by atoms with Gasteiger partial charge < -0.3 is 19.7 Å². The van der Waals surface area contributed by atoms with E-state index < -0.39 is 36.8 Å². The molecule has 40 heavy (non-hydrogen) atoms. The van der Waals surface area contributed by atoms with Gasteiger partial charge in [0.05, 0.1) is 18.6 Å². The van der Waals surface area contributed by atoms with Gasteiger partial charge in [0.2, 0.25) is 0 Å². The van der Waals surface area contributed by atoms with Gasteiger partial charge in [-0.15, -0.1) is 0 Å². The zero-order chi connectivity index (χ0) is 29.3. The molecule has 0 spiro atoms. The molecular formula is C27H37N4O8P. The van der Waals surface area contributed by atoms with Gasteiger partial charge in [0.15, 0.2) is 0 Å². The van der Waals surface area contributed by atoms with E-state index in [1.165, 1.54) is 30.7 Å². The van der Waals surface area contributed by atoms with Gasteiger partial charge >= 0.3 is 25.4 Å². The summed E-state index contributed by atoms with van der Waals surface area (Å²) in [5.41, 5.74) is 4.82. The molecule has 1 aliphatic carbocycles. The van der Waals surface area contributed by atoms with Crippen LogP contribution < -0.4 is 21.0 Å². The predicted octanol–water partition coefficient (Wildman–Crippen LogP) is 3.78. The summed E-state index contributed by atoms with van der Waals surface area (Å²) in [6, 6.07) is 8.84. The maximum absolute atomic E-state index is 13.9. The maximum atomic E-state index is 13.9. The van der Waals surface area contributed by atoms with Crippen LogP contribution in [-0.4, -0.2) is 47.4 Å². The van der Waals surface area contributed by atoms with Crippen LogP contribution in [0, 0.1) is 11.3 Å². The first kappa shape index (κ1) is 31.1. The number of hydrogen-bond donors (Lipinski definition) is 2. The highest BCUT2D eigenvalue weighted by Crippen LogP contribution is 2.56. The highest BCUT2D eigenvalue weighted by atomic mass is 31.2. The van der Waals surface area contributed by atoms with Gasteiger partial charge in [0.1, 0.15) is 24.2 Å². The summed E-state index contributed by atoms with van der Waals surface area (Å²) >= 11 is 0. The second-order valence-corrected chi connectivity index (χ2v) is 11.5. The van der Waals surface area contributed by atoms with Crippen molar-refractivity contribution in [3.63, 3.8) is 0 Å². The van der Waals surface area contributed by atoms with Crippen molar-refractivity contribution in [3.8, 4) is 5.75 Å². The van der Waals surface area contributed by atoms with Crippen molar-refractivity contribution in [1.29, 1.82) is 0 Å². The van der Waals surface area contributed by atoms with Crippen LogP contribution in [0.15, 0.2) is 53.0 Å². The summed E-state index contributed by atoms with van der Waals surface area (Å²) in [5, 5.41) is 2.68. The molecule has 218 valence electrons. The van der Waals surface area contributed by atoms with Crippen LogP contribution in [0.25, 0.3) is 6.20 Å². The minimum atomic E-state index is -4.16. The molecular weight excluding hydrogens is 539 g/mol. The molecule has 0 radical (unpaired) electrons. The number of carbonyl (C=O) groups is 2. The van der Waals surface area contributed by atoms with Crippen molar-refractivity contribution in [1.82, 2.24) is 14.6 Å². The number of esters is 2. The van der Waals surface area contributed by atoms with Gasteiger partial charge in [-0.3, -0.25) is 18.7 Å². The molecule has 3 atom stereocenters. The van der Waals surface area contributed by atoms with Crippen molar-refractivity contribution in [2.45, 2.75) is 53.0 Å². The summed E-state index contributed by atoms with van der Waals surface area (Å²) in [5.74, 6) is -0.528. The van der Waals surface area contributed by atoms with Gasteiger partial charge in [-0.25, -0.2) is 9.36 Å². The second-order valence-electron chi connectivity index (χ2n) is 9.77. The van der Waals surface area contributed by atoms with Crippen LogP contribution in [0.4, 0.5) is 5.82 Å². The zero-order valence-electron chi connectivity index (χ0n) is 23.2. The van der Waals surface area contributed by atoms with Crippen LogP contribution in [0.2, 0.25) is 0 Å². The Morgan fingerprint density at radius 2 is 1.88 bits per heavy atom. The van der Waals surface area contributed by atoms with E-state index >= 15 is 0 Å². The molecule has 1 heterocycles. The molecule has 3 rings (SSSR count). The van der Waals surface area contributed by atoms with Gasteiger partial charge in [-0.2, -0.15) is 10.1 Å². The number of nitrogens with two attached hydrogens (primary N) is 1. The number of benzene rings is 1. The van der Waals surface area contributed by atoms with Gasteiger partial charge in [-0.05, 0) is 43.0 Å². The fourth-order valence-corrected chi connectivity index (χ4v) is 5.40. The Labute approximate surface area is 233 Å². The third-order valence-corrected chi connectivity index (χ3v) is 8.21.